The topological polar surface area (TPSA) is 73.6 Å². The van der Waals surface area contributed by atoms with Gasteiger partial charge in [-0.25, -0.2) is 0 Å². The van der Waals surface area contributed by atoms with Gasteiger partial charge in [0.2, 0.25) is 0 Å². The highest BCUT2D eigenvalue weighted by atomic mass is 16.1. The van der Waals surface area contributed by atoms with E-state index in [0.29, 0.717) is 11.3 Å². The van der Waals surface area contributed by atoms with E-state index in [1.807, 2.05) is 24.4 Å². The number of carbonyl (C=O) groups excluding carboxylic acids is 1. The molecule has 3 N–H and O–H groups in total. The van der Waals surface area contributed by atoms with Crippen molar-refractivity contribution in [1.29, 1.82) is 0 Å². The predicted octanol–water partition coefficient (Wildman–Crippen LogP) is 2.14. The fourth-order valence-corrected chi connectivity index (χ4v) is 1.80. The van der Waals surface area contributed by atoms with Crippen LogP contribution in [0.15, 0.2) is 42.9 Å². The number of anilines is 1. The number of hydrogen-bond acceptors (Lipinski definition) is 2. The van der Waals surface area contributed by atoms with E-state index in [-0.39, 0.29) is 5.91 Å². The zero-order chi connectivity index (χ0) is 11.7. The Morgan fingerprint density at radius 2 is 2.24 bits per heavy atom. The first kappa shape index (κ1) is 9.65. The van der Waals surface area contributed by atoms with E-state index in [2.05, 4.69) is 20.5 Å². The number of carbonyl (C=O) groups is 1. The quantitative estimate of drug-likeness (QED) is 0.626. The van der Waals surface area contributed by atoms with E-state index >= 15 is 0 Å². The predicted molar refractivity (Wildman–Crippen MR) is 64.8 cm³/mol. The van der Waals surface area contributed by atoms with Crippen molar-refractivity contribution in [2.45, 2.75) is 0 Å². The Kier molecular flexibility index (Phi) is 2.15. The lowest BCUT2D eigenvalue weighted by Crippen LogP contribution is -2.11. The maximum absolute atomic E-state index is 12.1. The highest BCUT2D eigenvalue weighted by Crippen LogP contribution is 2.18. The van der Waals surface area contributed by atoms with Gasteiger partial charge in [0.05, 0.1) is 11.9 Å². The highest BCUT2D eigenvalue weighted by Gasteiger charge is 2.10. The van der Waals surface area contributed by atoms with E-state index in [4.69, 9.17) is 0 Å². The fourth-order valence-electron chi connectivity index (χ4n) is 1.80. The van der Waals surface area contributed by atoms with Crippen molar-refractivity contribution in [2.75, 3.05) is 5.32 Å². The van der Waals surface area contributed by atoms with Crippen LogP contribution in [-0.2, 0) is 0 Å². The number of nitrogens with one attached hydrogen (secondary N) is 3. The van der Waals surface area contributed by atoms with Gasteiger partial charge in [0.15, 0.2) is 0 Å². The number of nitrogens with zero attached hydrogens (tertiary/aromatic N) is 1. The van der Waals surface area contributed by atoms with Crippen molar-refractivity contribution in [3.8, 4) is 0 Å². The van der Waals surface area contributed by atoms with Crippen LogP contribution in [-0.4, -0.2) is 21.1 Å². The molecule has 5 heteroatoms. The summed E-state index contributed by atoms with van der Waals surface area (Å²) in [4.78, 5) is 15.1. The fraction of sp³-hybridized carbons (Fsp3) is 0. The van der Waals surface area contributed by atoms with Crippen molar-refractivity contribution >= 4 is 22.5 Å². The smallest absolute Gasteiger partial charge is 0.256 e. The van der Waals surface area contributed by atoms with Crippen molar-refractivity contribution in [2.24, 2.45) is 0 Å². The molecule has 17 heavy (non-hydrogen) atoms. The summed E-state index contributed by atoms with van der Waals surface area (Å²) in [6.07, 6.45) is 5.02. The molecule has 0 aliphatic carbocycles. The number of H-pyrrole nitrogens is 2. The minimum Gasteiger partial charge on any atom is -0.361 e. The van der Waals surface area contributed by atoms with Crippen LogP contribution >= 0.6 is 0 Å². The van der Waals surface area contributed by atoms with Gasteiger partial charge in [-0.15, -0.1) is 0 Å². The number of aromatic nitrogens is 3. The number of rotatable bonds is 2. The second kappa shape index (κ2) is 3.79. The minimum absolute atomic E-state index is 0.142. The molecule has 0 bridgehead atoms. The van der Waals surface area contributed by atoms with Crippen molar-refractivity contribution in [1.82, 2.24) is 15.2 Å². The molecule has 0 saturated heterocycles. The molecule has 2 heterocycles. The molecular weight excluding hydrogens is 216 g/mol. The Labute approximate surface area is 96.9 Å². The van der Waals surface area contributed by atoms with E-state index in [0.717, 1.165) is 10.9 Å². The standard InChI is InChI=1S/C12H10N4O/c17-12(16-8-6-14-15-7-8)10-2-1-3-11-9(10)4-5-13-11/h1-7,13H,(H,14,15)(H,16,17). The summed E-state index contributed by atoms with van der Waals surface area (Å²) in [6, 6.07) is 7.47. The zero-order valence-corrected chi connectivity index (χ0v) is 8.90. The van der Waals surface area contributed by atoms with E-state index in [1.165, 1.54) is 0 Å². The molecule has 1 amide bonds. The average Bonchev–Trinajstić information content (AvgIpc) is 2.97. The van der Waals surface area contributed by atoms with Gasteiger partial charge in [-0.1, -0.05) is 6.07 Å². The van der Waals surface area contributed by atoms with Gasteiger partial charge < -0.3 is 10.3 Å². The van der Waals surface area contributed by atoms with Gasteiger partial charge in [-0.3, -0.25) is 9.89 Å². The summed E-state index contributed by atoms with van der Waals surface area (Å²) in [6.45, 7) is 0. The molecule has 0 aliphatic heterocycles. The highest BCUT2D eigenvalue weighted by molar-refractivity contribution is 6.12. The lowest BCUT2D eigenvalue weighted by atomic mass is 10.1. The number of aromatic amines is 2. The minimum atomic E-state index is -0.142. The molecule has 3 aromatic rings. The summed E-state index contributed by atoms with van der Waals surface area (Å²) in [7, 11) is 0. The third-order valence-corrected chi connectivity index (χ3v) is 2.60. The second-order valence-corrected chi connectivity index (χ2v) is 3.69. The van der Waals surface area contributed by atoms with Crippen LogP contribution < -0.4 is 5.32 Å². The van der Waals surface area contributed by atoms with E-state index < -0.39 is 0 Å². The second-order valence-electron chi connectivity index (χ2n) is 3.69. The molecule has 0 radical (unpaired) electrons. The molecule has 1 aromatic carbocycles. The van der Waals surface area contributed by atoms with Gasteiger partial charge >= 0.3 is 0 Å². The van der Waals surface area contributed by atoms with Gasteiger partial charge in [0.25, 0.3) is 5.91 Å². The Balaban J connectivity index is 1.98. The van der Waals surface area contributed by atoms with Crippen LogP contribution in [0.3, 0.4) is 0 Å². The van der Waals surface area contributed by atoms with Crippen molar-refractivity contribution in [3.05, 3.63) is 48.4 Å². The zero-order valence-electron chi connectivity index (χ0n) is 8.90. The molecule has 0 fully saturated rings. The molecule has 0 atom stereocenters. The van der Waals surface area contributed by atoms with Gasteiger partial charge in [-0.05, 0) is 18.2 Å². The summed E-state index contributed by atoms with van der Waals surface area (Å²) >= 11 is 0. The molecule has 5 nitrogen and oxygen atoms in total. The number of benzene rings is 1. The normalized spacial score (nSPS) is 10.6. The monoisotopic (exact) mass is 226 g/mol. The largest absolute Gasteiger partial charge is 0.361 e. The van der Waals surface area contributed by atoms with Gasteiger partial charge in [-0.2, -0.15) is 5.10 Å². The van der Waals surface area contributed by atoms with E-state index in [1.54, 1.807) is 18.5 Å². The number of amides is 1. The lowest BCUT2D eigenvalue weighted by molar-refractivity contribution is 0.102. The SMILES string of the molecule is O=C(Nc1cn[nH]c1)c1cccc2[nH]ccc12. The Morgan fingerprint density at radius 1 is 1.29 bits per heavy atom. The van der Waals surface area contributed by atoms with Crippen molar-refractivity contribution in [3.63, 3.8) is 0 Å². The maximum Gasteiger partial charge on any atom is 0.256 e. The average molecular weight is 226 g/mol. The molecule has 0 saturated carbocycles. The molecule has 3 rings (SSSR count). The summed E-state index contributed by atoms with van der Waals surface area (Å²) in [5, 5.41) is 10.1. The Bertz CT molecular complexity index is 654. The third-order valence-electron chi connectivity index (χ3n) is 2.60. The molecule has 0 spiro atoms. The first-order valence-electron chi connectivity index (χ1n) is 5.21. The van der Waals surface area contributed by atoms with Crippen LogP contribution in [0.5, 0.6) is 0 Å². The van der Waals surface area contributed by atoms with Crippen LogP contribution in [0.2, 0.25) is 0 Å². The first-order chi connectivity index (χ1) is 8.34. The Morgan fingerprint density at radius 3 is 3.06 bits per heavy atom. The van der Waals surface area contributed by atoms with E-state index in [9.17, 15) is 4.79 Å². The van der Waals surface area contributed by atoms with Crippen LogP contribution in [0, 0.1) is 0 Å². The lowest BCUT2D eigenvalue weighted by Gasteiger charge is -2.03. The van der Waals surface area contributed by atoms with Crippen molar-refractivity contribution < 1.29 is 4.79 Å². The maximum atomic E-state index is 12.1. The molecular formula is C12H10N4O. The molecule has 0 unspecified atom stereocenters. The Hall–Kier alpha value is -2.56. The molecule has 84 valence electrons. The van der Waals surface area contributed by atoms with Crippen LogP contribution in [0.25, 0.3) is 10.9 Å². The number of hydrogen-bond donors (Lipinski definition) is 3. The summed E-state index contributed by atoms with van der Waals surface area (Å²) < 4.78 is 0. The molecule has 0 aliphatic rings. The molecule has 2 aromatic heterocycles. The summed E-state index contributed by atoms with van der Waals surface area (Å²) in [5.74, 6) is -0.142. The summed E-state index contributed by atoms with van der Waals surface area (Å²) in [5.41, 5.74) is 2.25. The van der Waals surface area contributed by atoms with Gasteiger partial charge in [0, 0.05) is 28.9 Å². The first-order valence-corrected chi connectivity index (χ1v) is 5.21. The van der Waals surface area contributed by atoms with Gasteiger partial charge in [0.1, 0.15) is 0 Å². The third kappa shape index (κ3) is 1.67. The van der Waals surface area contributed by atoms with Crippen LogP contribution in [0.1, 0.15) is 10.4 Å². The van der Waals surface area contributed by atoms with Crippen LogP contribution in [0.4, 0.5) is 5.69 Å². The number of fused-ring (bicyclic) bond motifs is 1.